The van der Waals surface area contributed by atoms with E-state index in [2.05, 4.69) is 26.3 Å². The van der Waals surface area contributed by atoms with Gasteiger partial charge in [0.1, 0.15) is 5.82 Å². The molecule has 0 aliphatic heterocycles. The fourth-order valence-corrected chi connectivity index (χ4v) is 2.00. The largest absolute Gasteiger partial charge is 0.311 e. The van der Waals surface area contributed by atoms with Gasteiger partial charge in [-0.15, -0.1) is 0 Å². The zero-order chi connectivity index (χ0) is 13.0. The molecule has 3 nitrogen and oxygen atoms in total. The van der Waals surface area contributed by atoms with Crippen LogP contribution in [0.3, 0.4) is 0 Å². The maximum Gasteiger partial charge on any atom is 0.128 e. The van der Waals surface area contributed by atoms with Gasteiger partial charge in [0.05, 0.1) is 12.7 Å². The van der Waals surface area contributed by atoms with Crippen LogP contribution in [0.5, 0.6) is 0 Å². The third kappa shape index (κ3) is 3.65. The normalized spacial score (nSPS) is 10.8. The molecule has 0 bridgehead atoms. The van der Waals surface area contributed by atoms with Crippen LogP contribution in [0.4, 0.5) is 4.39 Å². The summed E-state index contributed by atoms with van der Waals surface area (Å²) >= 11 is 3.24. The van der Waals surface area contributed by atoms with E-state index < -0.39 is 0 Å². The second-order valence-corrected chi connectivity index (χ2v) is 5.11. The Hall–Kier alpha value is -1.20. The van der Waals surface area contributed by atoms with Gasteiger partial charge in [-0.3, -0.25) is 4.68 Å². The molecular weight excluding hydrogens is 297 g/mol. The smallest absolute Gasteiger partial charge is 0.128 e. The zero-order valence-electron chi connectivity index (χ0n) is 10.2. The first-order valence-electron chi connectivity index (χ1n) is 5.79. The summed E-state index contributed by atoms with van der Waals surface area (Å²) in [5.74, 6) is -0.188. The van der Waals surface area contributed by atoms with E-state index in [1.54, 1.807) is 6.07 Å². The summed E-state index contributed by atoms with van der Waals surface area (Å²) in [5.41, 5.74) is 1.82. The molecule has 1 aromatic heterocycles. The molecule has 0 spiro atoms. The second kappa shape index (κ2) is 6.11. The third-order valence-electron chi connectivity index (χ3n) is 2.61. The van der Waals surface area contributed by atoms with Crippen molar-refractivity contribution in [1.29, 1.82) is 0 Å². The number of benzene rings is 1. The number of nitrogens with zero attached hydrogens (tertiary/aromatic N) is 2. The van der Waals surface area contributed by atoms with Crippen LogP contribution in [0.2, 0.25) is 0 Å². The van der Waals surface area contributed by atoms with Crippen molar-refractivity contribution >= 4 is 15.9 Å². The third-order valence-corrected chi connectivity index (χ3v) is 3.10. The molecule has 0 amide bonds. The van der Waals surface area contributed by atoms with Gasteiger partial charge in [-0.2, -0.15) is 5.10 Å². The van der Waals surface area contributed by atoms with Crippen molar-refractivity contribution in [3.8, 4) is 0 Å². The highest BCUT2D eigenvalue weighted by atomic mass is 79.9. The summed E-state index contributed by atoms with van der Waals surface area (Å²) in [6.45, 7) is 4.08. The lowest BCUT2D eigenvalue weighted by atomic mass is 10.2. The van der Waals surface area contributed by atoms with Gasteiger partial charge < -0.3 is 5.32 Å². The summed E-state index contributed by atoms with van der Waals surface area (Å²) in [5, 5.41) is 7.39. The van der Waals surface area contributed by atoms with E-state index in [9.17, 15) is 4.39 Å². The van der Waals surface area contributed by atoms with Gasteiger partial charge in [0.2, 0.25) is 0 Å². The van der Waals surface area contributed by atoms with Crippen LogP contribution in [0.15, 0.2) is 35.1 Å². The number of aryl methyl sites for hydroxylation is 1. The molecule has 1 N–H and O–H groups in total. The fourth-order valence-electron chi connectivity index (χ4n) is 1.67. The number of aromatic nitrogens is 2. The number of halogens is 2. The van der Waals surface area contributed by atoms with Crippen molar-refractivity contribution < 1.29 is 4.39 Å². The summed E-state index contributed by atoms with van der Waals surface area (Å²) in [7, 11) is 0. The first-order chi connectivity index (χ1) is 8.65. The molecule has 0 aliphatic rings. The van der Waals surface area contributed by atoms with E-state index >= 15 is 0 Å². The second-order valence-electron chi connectivity index (χ2n) is 4.19. The maximum atomic E-state index is 13.5. The van der Waals surface area contributed by atoms with Crippen molar-refractivity contribution in [3.05, 3.63) is 52.0 Å². The van der Waals surface area contributed by atoms with Crippen molar-refractivity contribution in [2.24, 2.45) is 0 Å². The van der Waals surface area contributed by atoms with Gasteiger partial charge >= 0.3 is 0 Å². The summed E-state index contributed by atoms with van der Waals surface area (Å²) in [6.07, 6.45) is 3.82. The Kier molecular flexibility index (Phi) is 4.49. The molecule has 96 valence electrons. The SMILES string of the molecule is Cc1cnn(CCNCc2ccc(Br)cc2F)c1. The molecule has 0 saturated heterocycles. The molecule has 1 aromatic carbocycles. The average molecular weight is 312 g/mol. The Bertz CT molecular complexity index is 525. The van der Waals surface area contributed by atoms with Crippen molar-refractivity contribution in [3.63, 3.8) is 0 Å². The number of hydrogen-bond donors (Lipinski definition) is 1. The average Bonchev–Trinajstić information content (AvgIpc) is 2.73. The minimum absolute atomic E-state index is 0.188. The predicted octanol–water partition coefficient (Wildman–Crippen LogP) is 2.88. The molecule has 0 unspecified atom stereocenters. The monoisotopic (exact) mass is 311 g/mol. The van der Waals surface area contributed by atoms with Crippen LogP contribution in [0.1, 0.15) is 11.1 Å². The molecular formula is C13H15BrFN3. The van der Waals surface area contributed by atoms with Crippen LogP contribution in [-0.4, -0.2) is 16.3 Å². The predicted molar refractivity (Wildman–Crippen MR) is 72.8 cm³/mol. The van der Waals surface area contributed by atoms with Crippen LogP contribution in [0, 0.1) is 12.7 Å². The van der Waals surface area contributed by atoms with Gasteiger partial charge in [0.15, 0.2) is 0 Å². The molecule has 0 atom stereocenters. The fraction of sp³-hybridized carbons (Fsp3) is 0.308. The molecule has 1 heterocycles. The Labute approximate surface area is 114 Å². The van der Waals surface area contributed by atoms with Crippen molar-refractivity contribution in [1.82, 2.24) is 15.1 Å². The molecule has 2 rings (SSSR count). The lowest BCUT2D eigenvalue weighted by molar-refractivity contribution is 0.540. The Morgan fingerprint density at radius 1 is 1.44 bits per heavy atom. The van der Waals surface area contributed by atoms with Gasteiger partial charge in [0.25, 0.3) is 0 Å². The highest BCUT2D eigenvalue weighted by Gasteiger charge is 2.02. The molecule has 0 aliphatic carbocycles. The van der Waals surface area contributed by atoms with Crippen molar-refractivity contribution in [2.45, 2.75) is 20.0 Å². The lowest BCUT2D eigenvalue weighted by Gasteiger charge is -2.06. The van der Waals surface area contributed by atoms with Crippen molar-refractivity contribution in [2.75, 3.05) is 6.54 Å². The van der Waals surface area contributed by atoms with Crippen LogP contribution in [-0.2, 0) is 13.1 Å². The number of nitrogens with one attached hydrogen (secondary N) is 1. The van der Waals surface area contributed by atoms with E-state index in [0.717, 1.165) is 23.1 Å². The van der Waals surface area contributed by atoms with E-state index in [-0.39, 0.29) is 5.82 Å². The standard InChI is InChI=1S/C13H15BrFN3/c1-10-7-17-18(9-10)5-4-16-8-11-2-3-12(14)6-13(11)15/h2-3,6-7,9,16H,4-5,8H2,1H3. The van der Waals surface area contributed by atoms with E-state index in [4.69, 9.17) is 0 Å². The van der Waals surface area contributed by atoms with Crippen LogP contribution >= 0.6 is 15.9 Å². The highest BCUT2D eigenvalue weighted by molar-refractivity contribution is 9.10. The first-order valence-corrected chi connectivity index (χ1v) is 6.58. The summed E-state index contributed by atoms with van der Waals surface area (Å²) in [4.78, 5) is 0. The van der Waals surface area contributed by atoms with Crippen LogP contribution < -0.4 is 5.32 Å². The van der Waals surface area contributed by atoms with Gasteiger partial charge in [0, 0.05) is 29.3 Å². The van der Waals surface area contributed by atoms with Crippen LogP contribution in [0.25, 0.3) is 0 Å². The molecule has 0 radical (unpaired) electrons. The molecule has 5 heteroatoms. The molecule has 0 fully saturated rings. The summed E-state index contributed by atoms with van der Waals surface area (Å²) < 4.78 is 16.2. The van der Waals surface area contributed by atoms with Gasteiger partial charge in [-0.05, 0) is 24.6 Å². The summed E-state index contributed by atoms with van der Waals surface area (Å²) in [6, 6.07) is 5.11. The highest BCUT2D eigenvalue weighted by Crippen LogP contribution is 2.14. The van der Waals surface area contributed by atoms with E-state index in [1.807, 2.05) is 30.1 Å². The quantitative estimate of drug-likeness (QED) is 0.861. The van der Waals surface area contributed by atoms with E-state index in [0.29, 0.717) is 12.1 Å². The Morgan fingerprint density at radius 3 is 2.94 bits per heavy atom. The number of rotatable bonds is 5. The minimum Gasteiger partial charge on any atom is -0.311 e. The minimum atomic E-state index is -0.188. The first kappa shape index (κ1) is 13.2. The molecule has 2 aromatic rings. The molecule has 0 saturated carbocycles. The lowest BCUT2D eigenvalue weighted by Crippen LogP contribution is -2.20. The Balaban J connectivity index is 1.78. The maximum absolute atomic E-state index is 13.5. The van der Waals surface area contributed by atoms with E-state index in [1.165, 1.54) is 6.07 Å². The van der Waals surface area contributed by atoms with Gasteiger partial charge in [-0.1, -0.05) is 22.0 Å². The number of hydrogen-bond acceptors (Lipinski definition) is 2. The zero-order valence-corrected chi connectivity index (χ0v) is 11.7. The molecule has 18 heavy (non-hydrogen) atoms. The topological polar surface area (TPSA) is 29.9 Å². The Morgan fingerprint density at radius 2 is 2.28 bits per heavy atom. The van der Waals surface area contributed by atoms with Gasteiger partial charge in [-0.25, -0.2) is 4.39 Å².